The van der Waals surface area contributed by atoms with Crippen molar-refractivity contribution in [1.29, 1.82) is 0 Å². The molecule has 0 amide bonds. The predicted molar refractivity (Wildman–Crippen MR) is 79.5 cm³/mol. The molecule has 1 heterocycles. The van der Waals surface area contributed by atoms with Crippen LogP contribution in [0.2, 0.25) is 0 Å². The Kier molecular flexibility index (Phi) is 3.54. The first-order valence-electron chi connectivity index (χ1n) is 7.64. The Labute approximate surface area is 120 Å². The fourth-order valence-corrected chi connectivity index (χ4v) is 2.98. The van der Waals surface area contributed by atoms with Gasteiger partial charge in [-0.05, 0) is 44.4 Å². The molecule has 0 unspecified atom stereocenters. The summed E-state index contributed by atoms with van der Waals surface area (Å²) in [6.07, 6.45) is 6.56. The number of aliphatic hydroxyl groups excluding tert-OH is 1. The highest BCUT2D eigenvalue weighted by molar-refractivity contribution is 5.47. The summed E-state index contributed by atoms with van der Waals surface area (Å²) in [7, 11) is 0. The van der Waals surface area contributed by atoms with Crippen LogP contribution in [0.4, 0.5) is 11.6 Å². The lowest BCUT2D eigenvalue weighted by molar-refractivity contribution is 0.155. The first-order chi connectivity index (χ1) is 9.60. The molecule has 20 heavy (non-hydrogen) atoms. The highest BCUT2D eigenvalue weighted by Gasteiger charge is 2.34. The van der Waals surface area contributed by atoms with E-state index in [0.29, 0.717) is 11.7 Å². The number of hydrogen-bond donors (Lipinski definition) is 3. The zero-order chi connectivity index (χ0) is 14.2. The van der Waals surface area contributed by atoms with Gasteiger partial charge in [-0.25, -0.2) is 9.97 Å². The molecule has 0 spiro atoms. The molecule has 2 aliphatic rings. The summed E-state index contributed by atoms with van der Waals surface area (Å²) < 4.78 is 0. The Bertz CT molecular complexity index is 479. The number of nitrogens with zero attached hydrogens (tertiary/aromatic N) is 2. The SMILES string of the molecule is CC1CCC(CO)(Nc2cc(N)nc(C3CC3)n2)CC1. The molecule has 5 heteroatoms. The molecule has 1 aromatic heterocycles. The fourth-order valence-electron chi connectivity index (χ4n) is 2.98. The Balaban J connectivity index is 1.78. The number of hydrogen-bond acceptors (Lipinski definition) is 5. The molecule has 5 nitrogen and oxygen atoms in total. The second-order valence-electron chi connectivity index (χ2n) is 6.56. The van der Waals surface area contributed by atoms with E-state index in [-0.39, 0.29) is 12.1 Å². The summed E-state index contributed by atoms with van der Waals surface area (Å²) in [6.45, 7) is 2.41. The Hall–Kier alpha value is -1.36. The van der Waals surface area contributed by atoms with Gasteiger partial charge in [0, 0.05) is 12.0 Å². The molecule has 2 saturated carbocycles. The van der Waals surface area contributed by atoms with Crippen LogP contribution < -0.4 is 11.1 Å². The summed E-state index contributed by atoms with van der Waals surface area (Å²) >= 11 is 0. The van der Waals surface area contributed by atoms with Crippen LogP contribution in [0.5, 0.6) is 0 Å². The lowest BCUT2D eigenvalue weighted by atomic mass is 9.77. The van der Waals surface area contributed by atoms with Crippen molar-refractivity contribution in [2.45, 2.75) is 56.9 Å². The van der Waals surface area contributed by atoms with Crippen molar-refractivity contribution in [3.8, 4) is 0 Å². The summed E-state index contributed by atoms with van der Waals surface area (Å²) in [6, 6.07) is 1.78. The van der Waals surface area contributed by atoms with E-state index in [9.17, 15) is 5.11 Å². The molecule has 3 rings (SSSR count). The molecule has 4 N–H and O–H groups in total. The minimum absolute atomic E-state index is 0.141. The van der Waals surface area contributed by atoms with Crippen LogP contribution in [0.1, 0.15) is 57.2 Å². The van der Waals surface area contributed by atoms with Gasteiger partial charge in [0.2, 0.25) is 0 Å². The number of nitrogen functional groups attached to an aromatic ring is 1. The average molecular weight is 276 g/mol. The number of aliphatic hydroxyl groups is 1. The van der Waals surface area contributed by atoms with Crippen molar-refractivity contribution in [2.24, 2.45) is 5.92 Å². The molecule has 2 aliphatic carbocycles. The summed E-state index contributed by atoms with van der Waals surface area (Å²) in [5.74, 6) is 3.36. The van der Waals surface area contributed by atoms with Gasteiger partial charge in [-0.1, -0.05) is 6.92 Å². The molecule has 1 aromatic rings. The maximum Gasteiger partial charge on any atom is 0.136 e. The number of anilines is 2. The number of nitrogens with two attached hydrogens (primary N) is 1. The van der Waals surface area contributed by atoms with Gasteiger partial charge in [-0.15, -0.1) is 0 Å². The topological polar surface area (TPSA) is 84.1 Å². The van der Waals surface area contributed by atoms with Crippen LogP contribution in [0, 0.1) is 5.92 Å². The third kappa shape index (κ3) is 2.87. The third-order valence-electron chi connectivity index (χ3n) is 4.63. The van der Waals surface area contributed by atoms with E-state index in [2.05, 4.69) is 22.2 Å². The van der Waals surface area contributed by atoms with Gasteiger partial charge in [0.1, 0.15) is 17.5 Å². The zero-order valence-corrected chi connectivity index (χ0v) is 12.1. The molecular formula is C15H24N4O. The van der Waals surface area contributed by atoms with Crippen molar-refractivity contribution in [3.63, 3.8) is 0 Å². The van der Waals surface area contributed by atoms with E-state index in [1.165, 1.54) is 0 Å². The Morgan fingerprint density at radius 2 is 2.00 bits per heavy atom. The molecule has 0 aromatic carbocycles. The van der Waals surface area contributed by atoms with Crippen molar-refractivity contribution in [2.75, 3.05) is 17.7 Å². The molecule has 0 radical (unpaired) electrons. The van der Waals surface area contributed by atoms with Gasteiger partial charge in [0.05, 0.1) is 12.1 Å². The van der Waals surface area contributed by atoms with E-state index in [0.717, 1.165) is 56.1 Å². The number of rotatable bonds is 4. The zero-order valence-electron chi connectivity index (χ0n) is 12.1. The van der Waals surface area contributed by atoms with Crippen LogP contribution in [0.25, 0.3) is 0 Å². The molecular weight excluding hydrogens is 252 g/mol. The van der Waals surface area contributed by atoms with Crippen LogP contribution >= 0.6 is 0 Å². The standard InChI is InChI=1S/C15H24N4O/c1-10-4-6-15(9-20,7-5-10)19-13-8-12(16)17-14(18-13)11-2-3-11/h8,10-11,20H,2-7,9H2,1H3,(H3,16,17,18,19). The number of aromatic nitrogens is 2. The summed E-state index contributed by atoms with van der Waals surface area (Å²) in [5, 5.41) is 13.3. The van der Waals surface area contributed by atoms with Crippen LogP contribution in [0.3, 0.4) is 0 Å². The van der Waals surface area contributed by atoms with Gasteiger partial charge < -0.3 is 16.2 Å². The summed E-state index contributed by atoms with van der Waals surface area (Å²) in [5.41, 5.74) is 5.64. The van der Waals surface area contributed by atoms with E-state index in [1.807, 2.05) is 0 Å². The van der Waals surface area contributed by atoms with Crippen LogP contribution in [-0.4, -0.2) is 27.2 Å². The fraction of sp³-hybridized carbons (Fsp3) is 0.733. The summed E-state index contributed by atoms with van der Waals surface area (Å²) in [4.78, 5) is 8.90. The molecule has 0 aliphatic heterocycles. The van der Waals surface area contributed by atoms with Gasteiger partial charge >= 0.3 is 0 Å². The predicted octanol–water partition coefficient (Wildman–Crippen LogP) is 2.29. The number of nitrogens with one attached hydrogen (secondary N) is 1. The average Bonchev–Trinajstić information content (AvgIpc) is 3.25. The monoisotopic (exact) mass is 276 g/mol. The lowest BCUT2D eigenvalue weighted by Gasteiger charge is -2.39. The molecule has 0 saturated heterocycles. The quantitative estimate of drug-likeness (QED) is 0.785. The van der Waals surface area contributed by atoms with Crippen molar-refractivity contribution in [1.82, 2.24) is 9.97 Å². The normalized spacial score (nSPS) is 30.2. The highest BCUT2D eigenvalue weighted by atomic mass is 16.3. The van der Waals surface area contributed by atoms with E-state index < -0.39 is 0 Å². The molecule has 110 valence electrons. The van der Waals surface area contributed by atoms with Gasteiger partial charge in [0.25, 0.3) is 0 Å². The molecule has 0 bridgehead atoms. The Morgan fingerprint density at radius 3 is 2.60 bits per heavy atom. The maximum absolute atomic E-state index is 9.81. The van der Waals surface area contributed by atoms with Gasteiger partial charge in [-0.2, -0.15) is 0 Å². The lowest BCUT2D eigenvalue weighted by Crippen LogP contribution is -2.45. The van der Waals surface area contributed by atoms with Crippen molar-refractivity contribution in [3.05, 3.63) is 11.9 Å². The van der Waals surface area contributed by atoms with E-state index in [1.54, 1.807) is 6.07 Å². The first-order valence-corrected chi connectivity index (χ1v) is 7.64. The van der Waals surface area contributed by atoms with Crippen LogP contribution in [-0.2, 0) is 0 Å². The first kappa shape index (κ1) is 13.6. The minimum Gasteiger partial charge on any atom is -0.394 e. The smallest absolute Gasteiger partial charge is 0.136 e. The molecule has 2 fully saturated rings. The minimum atomic E-state index is -0.242. The largest absolute Gasteiger partial charge is 0.394 e. The van der Waals surface area contributed by atoms with Gasteiger partial charge in [0.15, 0.2) is 0 Å². The maximum atomic E-state index is 9.81. The van der Waals surface area contributed by atoms with Gasteiger partial charge in [-0.3, -0.25) is 0 Å². The second-order valence-corrected chi connectivity index (χ2v) is 6.56. The van der Waals surface area contributed by atoms with Crippen molar-refractivity contribution < 1.29 is 5.11 Å². The highest BCUT2D eigenvalue weighted by Crippen LogP contribution is 2.39. The third-order valence-corrected chi connectivity index (χ3v) is 4.63. The van der Waals surface area contributed by atoms with Crippen LogP contribution in [0.15, 0.2) is 6.07 Å². The van der Waals surface area contributed by atoms with E-state index >= 15 is 0 Å². The van der Waals surface area contributed by atoms with E-state index in [4.69, 9.17) is 5.73 Å². The second kappa shape index (κ2) is 5.20. The molecule has 0 atom stereocenters. The van der Waals surface area contributed by atoms with Crippen molar-refractivity contribution >= 4 is 11.6 Å². The Morgan fingerprint density at radius 1 is 1.30 bits per heavy atom.